The molecular weight excluding hydrogens is 625 g/mol. The van der Waals surface area contributed by atoms with E-state index >= 15 is 0 Å². The quantitative estimate of drug-likeness (QED) is 0.116. The number of alkyl halides is 3. The normalized spacial score (nSPS) is 15.1. The number of hydrogen-bond donors (Lipinski definition) is 1. The molecule has 0 spiro atoms. The number of hydrogen-bond acceptors (Lipinski definition) is 8. The van der Waals surface area contributed by atoms with Gasteiger partial charge in [-0.15, -0.1) is 0 Å². The molecule has 0 fully saturated rings. The maximum atomic E-state index is 14.0. The van der Waals surface area contributed by atoms with Crippen LogP contribution in [0.2, 0.25) is 0 Å². The number of benzene rings is 2. The van der Waals surface area contributed by atoms with Gasteiger partial charge < -0.3 is 19.5 Å². The van der Waals surface area contributed by atoms with Gasteiger partial charge in [-0.05, 0) is 61.9 Å². The van der Waals surface area contributed by atoms with Crippen molar-refractivity contribution in [1.29, 1.82) is 0 Å². The molecule has 1 unspecified atom stereocenters. The number of allylic oxidation sites excluding steroid dienone is 3. The van der Waals surface area contributed by atoms with Crippen molar-refractivity contribution in [2.75, 3.05) is 20.3 Å². The van der Waals surface area contributed by atoms with E-state index in [0.717, 1.165) is 42.7 Å². The van der Waals surface area contributed by atoms with Crippen LogP contribution < -0.4 is 5.32 Å². The lowest BCUT2D eigenvalue weighted by molar-refractivity contribution is -0.150. The topological polar surface area (TPSA) is 104 Å². The summed E-state index contributed by atoms with van der Waals surface area (Å²) < 4.78 is 57.6. The Morgan fingerprint density at radius 2 is 1.48 bits per heavy atom. The number of esters is 3. The Balaban J connectivity index is 1.33. The fraction of sp³-hybridized carbons (Fsp3) is 0.297. The minimum Gasteiger partial charge on any atom is -0.466 e. The van der Waals surface area contributed by atoms with Crippen LogP contribution in [-0.2, 0) is 34.8 Å². The molecule has 1 aliphatic rings. The van der Waals surface area contributed by atoms with E-state index in [-0.39, 0.29) is 47.7 Å². The Morgan fingerprint density at radius 3 is 2.15 bits per heavy atom. The van der Waals surface area contributed by atoms with Gasteiger partial charge in [0.15, 0.2) is 0 Å². The van der Waals surface area contributed by atoms with Crippen LogP contribution in [0.4, 0.5) is 13.2 Å². The van der Waals surface area contributed by atoms with Crippen molar-refractivity contribution in [2.45, 2.75) is 51.6 Å². The number of methoxy groups -OCH3 is 1. The van der Waals surface area contributed by atoms with Crippen LogP contribution in [0.5, 0.6) is 0 Å². The Kier molecular flexibility index (Phi) is 12.3. The van der Waals surface area contributed by atoms with E-state index < -0.39 is 35.6 Å². The zero-order chi connectivity index (χ0) is 34.7. The third-order valence-electron chi connectivity index (χ3n) is 7.78. The predicted octanol–water partition coefficient (Wildman–Crippen LogP) is 7.29. The zero-order valence-electron chi connectivity index (χ0n) is 26.9. The molecule has 3 aromatic rings. The van der Waals surface area contributed by atoms with Gasteiger partial charge in [0.2, 0.25) is 0 Å². The number of aromatic nitrogens is 1. The van der Waals surface area contributed by atoms with Gasteiger partial charge in [0.25, 0.3) is 0 Å². The predicted molar refractivity (Wildman–Crippen MR) is 173 cm³/mol. The highest BCUT2D eigenvalue weighted by Crippen LogP contribution is 2.44. The van der Waals surface area contributed by atoms with Crippen LogP contribution in [0, 0.1) is 0 Å². The number of unbranched alkanes of at least 4 members (excludes halogenated alkanes) is 2. The number of carbonyl (C=O) groups is 3. The third-order valence-corrected chi connectivity index (χ3v) is 7.78. The molecule has 11 heteroatoms. The standard InChI is InChI=1S/C37H37F3N2O6/c1-24-32(35(44)46-3)34(29-17-10-11-18-30(29)37(38,39)40)33(25(2)42-24)36(45)48-22-21-47-31(43)19-9-5-8-16-28(26-13-6-4-7-14-26)27-15-12-20-41-23-27/h4,6-7,10-18,20,23,34,42H,5,8-9,19,21-22H2,1-3H3/b28-16+. The summed E-state index contributed by atoms with van der Waals surface area (Å²) in [7, 11) is 1.11. The van der Waals surface area contributed by atoms with Gasteiger partial charge >= 0.3 is 24.1 Å². The molecule has 0 radical (unpaired) electrons. The summed E-state index contributed by atoms with van der Waals surface area (Å²) in [5, 5.41) is 2.88. The van der Waals surface area contributed by atoms with Crippen molar-refractivity contribution in [3.05, 3.63) is 130 Å². The first-order chi connectivity index (χ1) is 23.0. The van der Waals surface area contributed by atoms with Gasteiger partial charge in [0.1, 0.15) is 13.2 Å². The van der Waals surface area contributed by atoms with E-state index in [2.05, 4.69) is 16.4 Å². The van der Waals surface area contributed by atoms with Crippen LogP contribution in [0.3, 0.4) is 0 Å². The SMILES string of the molecule is COC(=O)C1=C(C)NC(C)=C(C(=O)OCCOC(=O)CCCC/C=C(\c2ccccc2)c2cccnc2)C1c1ccccc1C(F)(F)F. The molecule has 1 aromatic heterocycles. The molecule has 0 amide bonds. The van der Waals surface area contributed by atoms with Crippen molar-refractivity contribution in [2.24, 2.45) is 0 Å². The molecule has 0 saturated heterocycles. The van der Waals surface area contributed by atoms with Crippen molar-refractivity contribution in [3.8, 4) is 0 Å². The highest BCUT2D eigenvalue weighted by molar-refractivity contribution is 6.00. The van der Waals surface area contributed by atoms with E-state index in [1.165, 1.54) is 32.0 Å². The second-order valence-corrected chi connectivity index (χ2v) is 11.0. The number of ether oxygens (including phenoxy) is 3. The molecule has 2 aromatic carbocycles. The summed E-state index contributed by atoms with van der Waals surface area (Å²) in [5.74, 6) is -3.73. The smallest absolute Gasteiger partial charge is 0.416 e. The Labute approximate surface area is 277 Å². The number of rotatable bonds is 13. The summed E-state index contributed by atoms with van der Waals surface area (Å²) in [6.45, 7) is 2.44. The van der Waals surface area contributed by atoms with Crippen LogP contribution in [0.25, 0.3) is 5.57 Å². The summed E-state index contributed by atoms with van der Waals surface area (Å²) in [5.41, 5.74) is 1.96. The number of halogens is 3. The number of nitrogens with zero attached hydrogens (tertiary/aromatic N) is 1. The molecule has 0 aliphatic carbocycles. The fourth-order valence-electron chi connectivity index (χ4n) is 5.61. The van der Waals surface area contributed by atoms with Crippen LogP contribution >= 0.6 is 0 Å². The molecule has 0 saturated carbocycles. The highest BCUT2D eigenvalue weighted by atomic mass is 19.4. The van der Waals surface area contributed by atoms with Gasteiger partial charge in [-0.1, -0.05) is 60.7 Å². The second-order valence-electron chi connectivity index (χ2n) is 11.0. The molecule has 1 aliphatic heterocycles. The van der Waals surface area contributed by atoms with Crippen molar-refractivity contribution < 1.29 is 41.8 Å². The minimum atomic E-state index is -4.76. The van der Waals surface area contributed by atoms with E-state index in [0.29, 0.717) is 6.42 Å². The Morgan fingerprint density at radius 1 is 0.833 bits per heavy atom. The summed E-state index contributed by atoms with van der Waals surface area (Å²) in [6, 6.07) is 18.6. The summed E-state index contributed by atoms with van der Waals surface area (Å²) in [6.07, 6.45) is 3.09. The minimum absolute atomic E-state index is 0.149. The molecule has 252 valence electrons. The maximum Gasteiger partial charge on any atom is 0.416 e. The zero-order valence-corrected chi connectivity index (χ0v) is 26.9. The first-order valence-corrected chi connectivity index (χ1v) is 15.4. The number of carbonyl (C=O) groups excluding carboxylic acids is 3. The number of dihydropyridines is 1. The van der Waals surface area contributed by atoms with Crippen molar-refractivity contribution in [3.63, 3.8) is 0 Å². The maximum absolute atomic E-state index is 14.0. The van der Waals surface area contributed by atoms with Gasteiger partial charge in [0.05, 0.1) is 29.7 Å². The number of pyridine rings is 1. The molecule has 1 N–H and O–H groups in total. The Bertz CT molecular complexity index is 1660. The summed E-state index contributed by atoms with van der Waals surface area (Å²) in [4.78, 5) is 42.7. The van der Waals surface area contributed by atoms with Gasteiger partial charge in [-0.2, -0.15) is 13.2 Å². The van der Waals surface area contributed by atoms with E-state index in [4.69, 9.17) is 14.2 Å². The van der Waals surface area contributed by atoms with Gasteiger partial charge in [0, 0.05) is 35.8 Å². The lowest BCUT2D eigenvalue weighted by atomic mass is 9.78. The lowest BCUT2D eigenvalue weighted by Gasteiger charge is -2.31. The average molecular weight is 663 g/mol. The lowest BCUT2D eigenvalue weighted by Crippen LogP contribution is -2.33. The first-order valence-electron chi connectivity index (χ1n) is 15.4. The van der Waals surface area contributed by atoms with Crippen LogP contribution in [-0.4, -0.2) is 43.2 Å². The largest absolute Gasteiger partial charge is 0.466 e. The van der Waals surface area contributed by atoms with Gasteiger partial charge in [-0.3, -0.25) is 9.78 Å². The fourth-order valence-corrected chi connectivity index (χ4v) is 5.61. The molecule has 48 heavy (non-hydrogen) atoms. The number of nitrogens with one attached hydrogen (secondary N) is 1. The van der Waals surface area contributed by atoms with Gasteiger partial charge in [-0.25, -0.2) is 9.59 Å². The first kappa shape index (κ1) is 35.7. The van der Waals surface area contributed by atoms with E-state index in [9.17, 15) is 27.6 Å². The Hall–Kier alpha value is -5.19. The highest BCUT2D eigenvalue weighted by Gasteiger charge is 2.43. The monoisotopic (exact) mass is 662 g/mol. The van der Waals surface area contributed by atoms with Crippen molar-refractivity contribution in [1.82, 2.24) is 10.3 Å². The van der Waals surface area contributed by atoms with Crippen LogP contribution in [0.1, 0.15) is 67.7 Å². The molecule has 4 rings (SSSR count). The third kappa shape index (κ3) is 8.99. The van der Waals surface area contributed by atoms with Crippen molar-refractivity contribution >= 4 is 23.5 Å². The summed E-state index contributed by atoms with van der Waals surface area (Å²) >= 11 is 0. The average Bonchev–Trinajstić information content (AvgIpc) is 3.08. The molecule has 1 atom stereocenters. The molecular formula is C37H37F3N2O6. The molecule has 2 heterocycles. The molecule has 0 bridgehead atoms. The van der Waals surface area contributed by atoms with Crippen LogP contribution in [0.15, 0.2) is 108 Å². The molecule has 8 nitrogen and oxygen atoms in total. The van der Waals surface area contributed by atoms with E-state index in [1.807, 2.05) is 48.7 Å². The second kappa shape index (κ2) is 16.6. The van der Waals surface area contributed by atoms with E-state index in [1.54, 1.807) is 6.20 Å².